The van der Waals surface area contributed by atoms with Crippen LogP contribution < -0.4 is 19.5 Å². The highest BCUT2D eigenvalue weighted by molar-refractivity contribution is 6.01. The Morgan fingerprint density at radius 2 is 2.06 bits per heavy atom. The summed E-state index contributed by atoms with van der Waals surface area (Å²) in [7, 11) is 1.38. The summed E-state index contributed by atoms with van der Waals surface area (Å²) in [6.45, 7) is -1.86. The fourth-order valence-electron chi connectivity index (χ4n) is 3.84. The normalized spacial score (nSPS) is 18.0. The van der Waals surface area contributed by atoms with Crippen molar-refractivity contribution in [1.82, 2.24) is 14.7 Å². The third kappa shape index (κ3) is 4.56. The van der Waals surface area contributed by atoms with Crippen molar-refractivity contribution < 1.29 is 32.5 Å². The first kappa shape index (κ1) is 21.4. The maximum atomic E-state index is 13.2. The second-order valence-electron chi connectivity index (χ2n) is 8.02. The lowest BCUT2D eigenvalue weighted by Gasteiger charge is -2.16. The first-order valence-electron chi connectivity index (χ1n) is 10.7. The summed E-state index contributed by atoms with van der Waals surface area (Å²) in [5, 5.41) is 2.79. The van der Waals surface area contributed by atoms with E-state index in [0.717, 1.165) is 19.3 Å². The van der Waals surface area contributed by atoms with Gasteiger partial charge in [0.2, 0.25) is 0 Å². The molecule has 0 radical (unpaired) electrons. The third-order valence-electron chi connectivity index (χ3n) is 5.61. The maximum Gasteiger partial charge on any atom is 0.387 e. The van der Waals surface area contributed by atoms with Gasteiger partial charge in [-0.2, -0.15) is 8.78 Å². The Kier molecular flexibility index (Phi) is 5.76. The minimum Gasteiger partial charge on any atom is -0.496 e. The lowest BCUT2D eigenvalue weighted by atomic mass is 10.1. The van der Waals surface area contributed by atoms with Crippen LogP contribution in [0.5, 0.6) is 17.2 Å². The summed E-state index contributed by atoms with van der Waals surface area (Å²) in [5.74, 6) is 0.0417. The lowest BCUT2D eigenvalue weighted by molar-refractivity contribution is -0.0502. The number of fused-ring (bicyclic) bond motifs is 1. The third-order valence-corrected chi connectivity index (χ3v) is 5.61. The van der Waals surface area contributed by atoms with Crippen LogP contribution in [0.15, 0.2) is 36.7 Å². The number of ether oxygens (including phenoxy) is 4. The highest BCUT2D eigenvalue weighted by atomic mass is 19.3. The molecule has 174 valence electrons. The van der Waals surface area contributed by atoms with Gasteiger partial charge in [0.15, 0.2) is 0 Å². The van der Waals surface area contributed by atoms with Gasteiger partial charge in [-0.15, -0.1) is 0 Å². The molecule has 2 aromatic heterocycles. The van der Waals surface area contributed by atoms with Crippen LogP contribution in [-0.2, 0) is 4.74 Å². The molecule has 3 aromatic rings. The van der Waals surface area contributed by atoms with Crippen LogP contribution >= 0.6 is 0 Å². The van der Waals surface area contributed by atoms with Crippen molar-refractivity contribution in [1.29, 1.82) is 0 Å². The molecule has 1 N–H and O–H groups in total. The molecule has 0 bridgehead atoms. The van der Waals surface area contributed by atoms with Crippen LogP contribution in [-0.4, -0.2) is 54.4 Å². The zero-order chi connectivity index (χ0) is 22.9. The number of carbonyl (C=O) groups is 1. The molecule has 1 aliphatic carbocycles. The number of benzene rings is 1. The molecule has 8 nitrogen and oxygen atoms in total. The number of methoxy groups -OCH3 is 1. The standard InChI is InChI=1S/C23H23F2N3O5/c1-30-18-8-13(9-19(33-23(24)25)21(18)22(29)27-14-2-3-14)17-11-26-20-10-15(4-6-28(17)20)32-16-5-7-31-12-16/h4,6,8-11,14,16,23H,2-3,5,7,12H2,1H3,(H,27,29). The average Bonchev–Trinajstić information content (AvgIpc) is 3.28. The number of hydrogen-bond donors (Lipinski definition) is 1. The van der Waals surface area contributed by atoms with Gasteiger partial charge in [0.05, 0.1) is 32.2 Å². The number of halogens is 2. The number of pyridine rings is 1. The maximum absolute atomic E-state index is 13.2. The molecule has 5 rings (SSSR count). The van der Waals surface area contributed by atoms with Gasteiger partial charge in [0.25, 0.3) is 5.91 Å². The van der Waals surface area contributed by atoms with Gasteiger partial charge in [0, 0.05) is 30.3 Å². The van der Waals surface area contributed by atoms with Gasteiger partial charge < -0.3 is 24.3 Å². The molecule has 1 amide bonds. The summed E-state index contributed by atoms with van der Waals surface area (Å²) in [6.07, 6.45) is 5.96. The number of alkyl halides is 2. The Hall–Kier alpha value is -3.40. The van der Waals surface area contributed by atoms with Crippen molar-refractivity contribution in [2.45, 2.75) is 38.0 Å². The number of aromatic nitrogens is 2. The Bertz CT molecular complexity index is 1170. The molecule has 1 unspecified atom stereocenters. The largest absolute Gasteiger partial charge is 0.496 e. The van der Waals surface area contributed by atoms with Crippen LogP contribution in [0, 0.1) is 0 Å². The zero-order valence-corrected chi connectivity index (χ0v) is 17.9. The fraction of sp³-hybridized carbons (Fsp3) is 0.391. The van der Waals surface area contributed by atoms with Crippen LogP contribution in [0.1, 0.15) is 29.6 Å². The summed E-state index contributed by atoms with van der Waals surface area (Å²) >= 11 is 0. The molecular formula is C23H23F2N3O5. The number of nitrogens with one attached hydrogen (secondary N) is 1. The SMILES string of the molecule is COc1cc(-c2cnc3cc(OC4CCOC4)ccn23)cc(OC(F)F)c1C(=O)NC1CC1. The van der Waals surface area contributed by atoms with E-state index in [1.807, 2.05) is 6.07 Å². The highest BCUT2D eigenvalue weighted by Gasteiger charge is 2.29. The van der Waals surface area contributed by atoms with E-state index in [0.29, 0.717) is 35.9 Å². The van der Waals surface area contributed by atoms with Crippen LogP contribution in [0.3, 0.4) is 0 Å². The minimum absolute atomic E-state index is 0.00882. The van der Waals surface area contributed by atoms with Crippen LogP contribution in [0.4, 0.5) is 8.78 Å². The van der Waals surface area contributed by atoms with E-state index in [-0.39, 0.29) is 29.2 Å². The van der Waals surface area contributed by atoms with Crippen molar-refractivity contribution in [2.75, 3.05) is 20.3 Å². The molecule has 0 spiro atoms. The van der Waals surface area contributed by atoms with Crippen molar-refractivity contribution in [3.63, 3.8) is 0 Å². The molecule has 3 heterocycles. The molecule has 1 aromatic carbocycles. The number of hydrogen-bond acceptors (Lipinski definition) is 6. The first-order valence-corrected chi connectivity index (χ1v) is 10.7. The van der Waals surface area contributed by atoms with Gasteiger partial charge in [-0.05, 0) is 31.0 Å². The lowest BCUT2D eigenvalue weighted by Crippen LogP contribution is -2.26. The summed E-state index contributed by atoms with van der Waals surface area (Å²) in [5.41, 5.74) is 1.69. The molecule has 10 heteroatoms. The Morgan fingerprint density at radius 3 is 2.76 bits per heavy atom. The van der Waals surface area contributed by atoms with E-state index in [9.17, 15) is 13.6 Å². The van der Waals surface area contributed by atoms with Crippen molar-refractivity contribution in [3.8, 4) is 28.5 Å². The van der Waals surface area contributed by atoms with E-state index in [1.165, 1.54) is 13.2 Å². The van der Waals surface area contributed by atoms with Crippen molar-refractivity contribution >= 4 is 11.6 Å². The Balaban J connectivity index is 1.51. The minimum atomic E-state index is -3.10. The summed E-state index contributed by atoms with van der Waals surface area (Å²) < 4.78 is 49.5. The number of imidazole rings is 1. The number of nitrogens with zero attached hydrogens (tertiary/aromatic N) is 2. The Labute approximate surface area is 188 Å². The molecular weight excluding hydrogens is 436 g/mol. The van der Waals surface area contributed by atoms with Gasteiger partial charge >= 0.3 is 6.61 Å². The summed E-state index contributed by atoms with van der Waals surface area (Å²) in [6, 6.07) is 6.67. The topological polar surface area (TPSA) is 83.3 Å². The predicted octanol–water partition coefficient (Wildman–Crippen LogP) is 3.67. The predicted molar refractivity (Wildman–Crippen MR) is 114 cm³/mol. The molecule has 1 aliphatic heterocycles. The number of rotatable bonds is 8. The van der Waals surface area contributed by atoms with Gasteiger partial charge in [0.1, 0.15) is 34.6 Å². The van der Waals surface area contributed by atoms with Gasteiger partial charge in [-0.25, -0.2) is 4.98 Å². The fourth-order valence-corrected chi connectivity index (χ4v) is 3.84. The average molecular weight is 459 g/mol. The number of amides is 1. The van der Waals surface area contributed by atoms with Crippen LogP contribution in [0.25, 0.3) is 16.9 Å². The summed E-state index contributed by atoms with van der Waals surface area (Å²) in [4.78, 5) is 17.1. The van der Waals surface area contributed by atoms with E-state index < -0.39 is 12.5 Å². The van der Waals surface area contributed by atoms with Crippen molar-refractivity contribution in [3.05, 3.63) is 42.2 Å². The van der Waals surface area contributed by atoms with E-state index in [2.05, 4.69) is 10.3 Å². The highest BCUT2D eigenvalue weighted by Crippen LogP contribution is 2.37. The zero-order valence-electron chi connectivity index (χ0n) is 17.9. The molecule has 2 fully saturated rings. The quantitative estimate of drug-likeness (QED) is 0.554. The Morgan fingerprint density at radius 1 is 1.24 bits per heavy atom. The van der Waals surface area contributed by atoms with Gasteiger partial charge in [-0.3, -0.25) is 9.20 Å². The molecule has 1 atom stereocenters. The monoisotopic (exact) mass is 459 g/mol. The molecule has 1 saturated carbocycles. The second-order valence-corrected chi connectivity index (χ2v) is 8.02. The molecule has 2 aliphatic rings. The first-order chi connectivity index (χ1) is 16.0. The van der Waals surface area contributed by atoms with E-state index >= 15 is 0 Å². The van der Waals surface area contributed by atoms with E-state index in [1.54, 1.807) is 28.9 Å². The van der Waals surface area contributed by atoms with Gasteiger partial charge in [-0.1, -0.05) is 0 Å². The van der Waals surface area contributed by atoms with Crippen molar-refractivity contribution in [2.24, 2.45) is 0 Å². The van der Waals surface area contributed by atoms with E-state index in [4.69, 9.17) is 18.9 Å². The number of carbonyl (C=O) groups excluding carboxylic acids is 1. The van der Waals surface area contributed by atoms with Crippen LogP contribution in [0.2, 0.25) is 0 Å². The molecule has 33 heavy (non-hydrogen) atoms. The second kappa shape index (κ2) is 8.86. The smallest absolute Gasteiger partial charge is 0.387 e. The molecule has 1 saturated heterocycles.